The smallest absolute Gasteiger partial charge is 0.408 e. The highest BCUT2D eigenvalue weighted by Crippen LogP contribution is 2.27. The Hall–Kier alpha value is -3.40. The van der Waals surface area contributed by atoms with Crippen molar-refractivity contribution in [1.29, 1.82) is 0 Å². The number of carbonyl (C=O) groups is 3. The topological polar surface area (TPSA) is 114 Å². The molecular formula is C25H32ClN5O5. The van der Waals surface area contributed by atoms with E-state index in [1.807, 2.05) is 6.07 Å². The first kappa shape index (κ1) is 27.2. The van der Waals surface area contributed by atoms with Crippen LogP contribution < -0.4 is 15.0 Å². The first-order valence-electron chi connectivity index (χ1n) is 11.7. The zero-order chi connectivity index (χ0) is 26.5. The lowest BCUT2D eigenvalue weighted by Gasteiger charge is -2.26. The monoisotopic (exact) mass is 517 g/mol. The molecule has 0 bridgehead atoms. The summed E-state index contributed by atoms with van der Waals surface area (Å²) in [4.78, 5) is 49.6. The molecule has 194 valence electrons. The van der Waals surface area contributed by atoms with E-state index in [1.54, 1.807) is 53.1 Å². The molecule has 2 heterocycles. The molecule has 0 unspecified atom stereocenters. The predicted octanol–water partition coefficient (Wildman–Crippen LogP) is 3.47. The molecule has 1 atom stereocenters. The van der Waals surface area contributed by atoms with Gasteiger partial charge in [-0.1, -0.05) is 0 Å². The minimum atomic E-state index is -0.821. The van der Waals surface area contributed by atoms with Crippen LogP contribution in [-0.2, 0) is 16.0 Å². The summed E-state index contributed by atoms with van der Waals surface area (Å²) in [5.41, 5.74) is 0.758. The van der Waals surface area contributed by atoms with Crippen molar-refractivity contribution in [2.45, 2.75) is 51.7 Å². The van der Waals surface area contributed by atoms with Crippen LogP contribution in [0.2, 0.25) is 5.28 Å². The second-order valence-electron chi connectivity index (χ2n) is 9.64. The number of halogens is 1. The third-order valence-corrected chi connectivity index (χ3v) is 5.56. The lowest BCUT2D eigenvalue weighted by atomic mass is 10.1. The number of hydrogen-bond donors (Lipinski definition) is 1. The minimum Gasteiger partial charge on any atom is -0.493 e. The molecule has 1 N–H and O–H groups in total. The highest BCUT2D eigenvalue weighted by molar-refractivity contribution is 6.28. The lowest BCUT2D eigenvalue weighted by Crippen LogP contribution is -2.48. The molecule has 3 amide bonds. The maximum atomic E-state index is 13.5. The summed E-state index contributed by atoms with van der Waals surface area (Å²) in [6, 6.07) is 6.10. The van der Waals surface area contributed by atoms with Crippen molar-refractivity contribution in [1.82, 2.24) is 20.2 Å². The molecule has 36 heavy (non-hydrogen) atoms. The van der Waals surface area contributed by atoms with E-state index in [9.17, 15) is 14.4 Å². The average Bonchev–Trinajstić information content (AvgIpc) is 3.27. The van der Waals surface area contributed by atoms with Gasteiger partial charge in [-0.2, -0.15) is 0 Å². The Morgan fingerprint density at radius 1 is 1.22 bits per heavy atom. The number of aromatic nitrogens is 2. The second-order valence-corrected chi connectivity index (χ2v) is 9.97. The van der Waals surface area contributed by atoms with Gasteiger partial charge in [-0.3, -0.25) is 14.5 Å². The fourth-order valence-electron chi connectivity index (χ4n) is 3.74. The fraction of sp³-hybridized carbons (Fsp3) is 0.480. The molecule has 1 aliphatic heterocycles. The lowest BCUT2D eigenvalue weighted by molar-refractivity contribution is -0.131. The van der Waals surface area contributed by atoms with Gasteiger partial charge in [0.05, 0.1) is 6.61 Å². The molecule has 1 aromatic heterocycles. The van der Waals surface area contributed by atoms with Gasteiger partial charge < -0.3 is 19.7 Å². The second kappa shape index (κ2) is 11.6. The fourth-order valence-corrected chi connectivity index (χ4v) is 3.89. The molecule has 1 aliphatic rings. The summed E-state index contributed by atoms with van der Waals surface area (Å²) in [6.45, 7) is 6.06. The van der Waals surface area contributed by atoms with Gasteiger partial charge >= 0.3 is 6.09 Å². The van der Waals surface area contributed by atoms with Crippen LogP contribution in [0, 0.1) is 0 Å². The van der Waals surface area contributed by atoms with Crippen molar-refractivity contribution in [2.24, 2.45) is 0 Å². The zero-order valence-corrected chi connectivity index (χ0v) is 22.0. The highest BCUT2D eigenvalue weighted by Gasteiger charge is 2.27. The van der Waals surface area contributed by atoms with Gasteiger partial charge in [0.1, 0.15) is 23.2 Å². The number of fused-ring (bicyclic) bond motifs is 1. The van der Waals surface area contributed by atoms with Crippen LogP contribution in [0.3, 0.4) is 0 Å². The molecule has 2 aromatic rings. The molecule has 10 nitrogen and oxygen atoms in total. The number of amides is 3. The summed E-state index contributed by atoms with van der Waals surface area (Å²) in [7, 11) is 3.23. The van der Waals surface area contributed by atoms with Gasteiger partial charge in [-0.25, -0.2) is 14.8 Å². The van der Waals surface area contributed by atoms with E-state index in [4.69, 9.17) is 21.1 Å². The molecule has 0 fully saturated rings. The van der Waals surface area contributed by atoms with Crippen LogP contribution in [0.5, 0.6) is 5.75 Å². The quantitative estimate of drug-likeness (QED) is 0.533. The van der Waals surface area contributed by atoms with Gasteiger partial charge in [-0.05, 0) is 75.0 Å². The maximum absolute atomic E-state index is 13.5. The van der Waals surface area contributed by atoms with Gasteiger partial charge in [-0.15, -0.1) is 0 Å². The standard InChI is InChI=1S/C25H32ClN5O5/c1-25(2,3)36-24(34)28-18(22(33)30(4)5)7-6-13-31(20-10-12-27-23(26)29-20)21(32)17-8-9-19-16(15-17)11-14-35-19/h8-10,12,15,18H,6-7,11,13-14H2,1-5H3,(H,28,34)/t18-/m0/s1. The molecule has 3 rings (SSSR count). The van der Waals surface area contributed by atoms with Crippen molar-refractivity contribution in [3.8, 4) is 5.75 Å². The van der Waals surface area contributed by atoms with Crippen molar-refractivity contribution in [3.63, 3.8) is 0 Å². The van der Waals surface area contributed by atoms with E-state index in [1.165, 1.54) is 16.0 Å². The largest absolute Gasteiger partial charge is 0.493 e. The van der Waals surface area contributed by atoms with Crippen LogP contribution in [-0.4, -0.2) is 71.7 Å². The van der Waals surface area contributed by atoms with Crippen LogP contribution in [0.25, 0.3) is 0 Å². The number of rotatable bonds is 8. The molecule has 11 heteroatoms. The Kier molecular flexibility index (Phi) is 8.73. The summed E-state index contributed by atoms with van der Waals surface area (Å²) >= 11 is 6.00. The van der Waals surface area contributed by atoms with E-state index >= 15 is 0 Å². The number of anilines is 1. The van der Waals surface area contributed by atoms with E-state index in [2.05, 4.69) is 15.3 Å². The highest BCUT2D eigenvalue weighted by atomic mass is 35.5. The van der Waals surface area contributed by atoms with E-state index < -0.39 is 17.7 Å². The molecular weight excluding hydrogens is 486 g/mol. The zero-order valence-electron chi connectivity index (χ0n) is 21.2. The first-order chi connectivity index (χ1) is 16.9. The number of hydrogen-bond acceptors (Lipinski definition) is 7. The first-order valence-corrected chi connectivity index (χ1v) is 12.1. The Morgan fingerprint density at radius 3 is 2.64 bits per heavy atom. The number of alkyl carbamates (subject to hydrolysis) is 1. The number of ether oxygens (including phenoxy) is 2. The van der Waals surface area contributed by atoms with E-state index in [0.29, 0.717) is 24.4 Å². The predicted molar refractivity (Wildman–Crippen MR) is 135 cm³/mol. The van der Waals surface area contributed by atoms with Gasteiger partial charge in [0.25, 0.3) is 5.91 Å². The summed E-state index contributed by atoms with van der Waals surface area (Å²) in [5, 5.41) is 2.66. The van der Waals surface area contributed by atoms with Gasteiger partial charge in [0, 0.05) is 38.8 Å². The molecule has 0 saturated carbocycles. The van der Waals surface area contributed by atoms with E-state index in [0.717, 1.165) is 17.7 Å². The number of likely N-dealkylation sites (N-methyl/N-ethyl adjacent to an activating group) is 1. The van der Waals surface area contributed by atoms with Gasteiger partial charge in [0.15, 0.2) is 0 Å². The Labute approximate surface area is 215 Å². The van der Waals surface area contributed by atoms with Crippen LogP contribution >= 0.6 is 11.6 Å². The van der Waals surface area contributed by atoms with Crippen molar-refractivity contribution >= 4 is 35.3 Å². The van der Waals surface area contributed by atoms with Crippen LogP contribution in [0.15, 0.2) is 30.5 Å². The van der Waals surface area contributed by atoms with Gasteiger partial charge in [0.2, 0.25) is 11.2 Å². The summed E-state index contributed by atoms with van der Waals surface area (Å²) < 4.78 is 10.9. The number of carbonyl (C=O) groups excluding carboxylic acids is 3. The maximum Gasteiger partial charge on any atom is 0.408 e. The van der Waals surface area contributed by atoms with Crippen molar-refractivity contribution in [3.05, 3.63) is 46.9 Å². The minimum absolute atomic E-state index is 0.0138. The number of nitrogens with one attached hydrogen (secondary N) is 1. The molecule has 0 radical (unpaired) electrons. The third kappa shape index (κ3) is 7.30. The number of benzene rings is 1. The SMILES string of the molecule is CN(C)C(=O)[C@H](CCCN(C(=O)c1ccc2c(c1)CCO2)c1ccnc(Cl)n1)NC(=O)OC(C)(C)C. The molecule has 0 spiro atoms. The Bertz CT molecular complexity index is 1120. The normalized spacial score (nSPS) is 13.3. The molecule has 0 saturated heterocycles. The molecule has 0 aliphatic carbocycles. The summed E-state index contributed by atoms with van der Waals surface area (Å²) in [5.74, 6) is 0.575. The third-order valence-electron chi connectivity index (χ3n) is 5.37. The van der Waals surface area contributed by atoms with Crippen molar-refractivity contribution in [2.75, 3.05) is 32.1 Å². The average molecular weight is 518 g/mol. The Balaban J connectivity index is 1.77. The summed E-state index contributed by atoms with van der Waals surface area (Å²) in [6.07, 6.45) is 2.20. The van der Waals surface area contributed by atoms with Crippen LogP contribution in [0.1, 0.15) is 49.5 Å². The van der Waals surface area contributed by atoms with Crippen LogP contribution in [0.4, 0.5) is 10.6 Å². The van der Waals surface area contributed by atoms with E-state index in [-0.39, 0.29) is 30.1 Å². The Morgan fingerprint density at radius 2 is 1.97 bits per heavy atom. The number of nitrogens with zero attached hydrogens (tertiary/aromatic N) is 4. The molecule has 1 aromatic carbocycles. The van der Waals surface area contributed by atoms with Crippen molar-refractivity contribution < 1.29 is 23.9 Å².